The van der Waals surface area contributed by atoms with Crippen LogP contribution in [-0.4, -0.2) is 43.8 Å². The van der Waals surface area contributed by atoms with Gasteiger partial charge < -0.3 is 19.5 Å². The van der Waals surface area contributed by atoms with Crippen LogP contribution in [0.15, 0.2) is 42.0 Å². The first-order valence-electron chi connectivity index (χ1n) is 11.0. The van der Waals surface area contributed by atoms with Gasteiger partial charge in [0.15, 0.2) is 17.3 Å². The number of ether oxygens (including phenoxy) is 3. The molecule has 2 aliphatic heterocycles. The van der Waals surface area contributed by atoms with Crippen molar-refractivity contribution in [3.63, 3.8) is 0 Å². The minimum Gasteiger partial charge on any atom is -0.454 e. The summed E-state index contributed by atoms with van der Waals surface area (Å²) in [6.07, 6.45) is 3.30. The van der Waals surface area contributed by atoms with Crippen LogP contribution in [0, 0.1) is 0 Å². The molecule has 1 aliphatic carbocycles. The number of nitrogens with one attached hydrogen (secondary N) is 1. The quantitative estimate of drug-likeness (QED) is 0.569. The van der Waals surface area contributed by atoms with Gasteiger partial charge in [0.1, 0.15) is 6.10 Å². The van der Waals surface area contributed by atoms with Gasteiger partial charge in [-0.1, -0.05) is 6.07 Å². The highest BCUT2D eigenvalue weighted by atomic mass is 16.7. The van der Waals surface area contributed by atoms with Gasteiger partial charge in [0.2, 0.25) is 12.7 Å². The maximum Gasteiger partial charge on any atom is 0.414 e. The van der Waals surface area contributed by atoms with E-state index in [1.807, 2.05) is 30.3 Å². The van der Waals surface area contributed by atoms with Crippen LogP contribution < -0.4 is 19.7 Å². The van der Waals surface area contributed by atoms with Crippen LogP contribution in [0.1, 0.15) is 41.3 Å². The van der Waals surface area contributed by atoms with Crippen LogP contribution >= 0.6 is 0 Å². The predicted molar refractivity (Wildman–Crippen MR) is 121 cm³/mol. The number of aryl methyl sites for hydroxylation is 1. The van der Waals surface area contributed by atoms with Crippen molar-refractivity contribution in [3.05, 3.63) is 58.7 Å². The lowest BCUT2D eigenvalue weighted by Gasteiger charge is -2.16. The molecule has 1 N–H and O–H groups in total. The summed E-state index contributed by atoms with van der Waals surface area (Å²) in [6, 6.07) is 11.1. The van der Waals surface area contributed by atoms with Crippen LogP contribution in [0.2, 0.25) is 0 Å². The molecule has 1 atom stereocenters. The molecule has 1 fully saturated rings. The van der Waals surface area contributed by atoms with Gasteiger partial charge in [0.25, 0.3) is 0 Å². The molecular weight excluding hydrogens is 424 g/mol. The van der Waals surface area contributed by atoms with E-state index in [4.69, 9.17) is 14.2 Å². The van der Waals surface area contributed by atoms with Crippen molar-refractivity contribution < 1.29 is 28.6 Å². The van der Waals surface area contributed by atoms with E-state index < -0.39 is 12.2 Å². The number of nitrogens with zero attached hydrogens (tertiary/aromatic N) is 1. The van der Waals surface area contributed by atoms with E-state index in [0.717, 1.165) is 29.5 Å². The fourth-order valence-corrected chi connectivity index (χ4v) is 4.37. The Morgan fingerprint density at radius 3 is 2.82 bits per heavy atom. The number of anilines is 1. The molecule has 33 heavy (non-hydrogen) atoms. The molecular formula is C25H24N2O6. The monoisotopic (exact) mass is 448 g/mol. The first-order chi connectivity index (χ1) is 16.0. The lowest BCUT2D eigenvalue weighted by atomic mass is 9.97. The minimum atomic E-state index is -0.450. The number of amides is 2. The zero-order valence-electron chi connectivity index (χ0n) is 18.3. The number of allylic oxidation sites excluding steroid dienone is 1. The lowest BCUT2D eigenvalue weighted by molar-refractivity contribution is -0.119. The Bertz CT molecular complexity index is 1170. The van der Waals surface area contributed by atoms with E-state index >= 15 is 0 Å². The van der Waals surface area contributed by atoms with Crippen molar-refractivity contribution >= 4 is 29.5 Å². The molecule has 2 aromatic rings. The Labute approximate surface area is 191 Å². The van der Waals surface area contributed by atoms with E-state index in [-0.39, 0.29) is 25.0 Å². The zero-order chi connectivity index (χ0) is 22.9. The molecule has 0 bridgehead atoms. The Hall–Kier alpha value is -3.81. The minimum absolute atomic E-state index is 0.000694. The van der Waals surface area contributed by atoms with Crippen LogP contribution in [0.25, 0.3) is 6.08 Å². The van der Waals surface area contributed by atoms with Crippen molar-refractivity contribution in [1.82, 2.24) is 5.32 Å². The number of fused-ring (bicyclic) bond motifs is 2. The summed E-state index contributed by atoms with van der Waals surface area (Å²) >= 11 is 0. The van der Waals surface area contributed by atoms with Crippen LogP contribution in [0.4, 0.5) is 10.5 Å². The maximum atomic E-state index is 13.3. The standard InChI is InChI=1S/C25H24N2O6/c1-15(28)26-12-20-13-27(25(30)33-20)19-6-7-21-17(11-19)3-2-4-18(24(21)29)9-16-5-8-22-23(10-16)32-14-31-22/h5-11,20H,2-4,12-14H2,1H3,(H,26,28)/b18-9-/t20-/m0/s1. The number of Topliss-reactive ketones (excluding diaryl/α,β-unsaturated/α-hetero) is 1. The third kappa shape index (κ3) is 4.28. The Morgan fingerprint density at radius 1 is 1.12 bits per heavy atom. The molecule has 5 rings (SSSR count). The fourth-order valence-electron chi connectivity index (χ4n) is 4.37. The molecule has 0 unspecified atom stereocenters. The largest absolute Gasteiger partial charge is 0.454 e. The van der Waals surface area contributed by atoms with Crippen molar-refractivity contribution in [1.29, 1.82) is 0 Å². The number of rotatable bonds is 4. The summed E-state index contributed by atoms with van der Waals surface area (Å²) in [5.41, 5.74) is 3.92. The van der Waals surface area contributed by atoms with Crippen LogP contribution in [0.5, 0.6) is 11.5 Å². The predicted octanol–water partition coefficient (Wildman–Crippen LogP) is 3.48. The second kappa shape index (κ2) is 8.61. The number of cyclic esters (lactones) is 1. The van der Waals surface area contributed by atoms with Crippen LogP contribution in [0.3, 0.4) is 0 Å². The third-order valence-electron chi connectivity index (χ3n) is 6.02. The molecule has 3 aliphatic rings. The number of hydrogen-bond acceptors (Lipinski definition) is 6. The summed E-state index contributed by atoms with van der Waals surface area (Å²) in [7, 11) is 0. The van der Waals surface area contributed by atoms with Gasteiger partial charge in [-0.25, -0.2) is 4.79 Å². The highest BCUT2D eigenvalue weighted by Crippen LogP contribution is 2.35. The summed E-state index contributed by atoms with van der Waals surface area (Å²) in [5, 5.41) is 2.67. The average Bonchev–Trinajstić information content (AvgIpc) is 3.38. The highest BCUT2D eigenvalue weighted by Gasteiger charge is 2.33. The zero-order valence-corrected chi connectivity index (χ0v) is 18.3. The molecule has 8 heteroatoms. The van der Waals surface area contributed by atoms with Crippen LogP contribution in [-0.2, 0) is 16.0 Å². The Kier molecular flexibility index (Phi) is 5.50. The summed E-state index contributed by atoms with van der Waals surface area (Å²) < 4.78 is 16.2. The average molecular weight is 448 g/mol. The number of carbonyl (C=O) groups is 3. The molecule has 2 amide bonds. The molecule has 0 saturated carbocycles. The highest BCUT2D eigenvalue weighted by molar-refractivity contribution is 6.12. The van der Waals surface area contributed by atoms with Crippen molar-refractivity contribution in [2.45, 2.75) is 32.3 Å². The summed E-state index contributed by atoms with van der Waals surface area (Å²) in [5.74, 6) is 1.23. The Balaban J connectivity index is 1.36. The van der Waals surface area contributed by atoms with E-state index in [9.17, 15) is 14.4 Å². The smallest absolute Gasteiger partial charge is 0.414 e. The van der Waals surface area contributed by atoms with Gasteiger partial charge in [-0.15, -0.1) is 0 Å². The third-order valence-corrected chi connectivity index (χ3v) is 6.02. The second-order valence-electron chi connectivity index (χ2n) is 8.36. The molecule has 8 nitrogen and oxygen atoms in total. The second-order valence-corrected chi connectivity index (χ2v) is 8.36. The molecule has 1 saturated heterocycles. The van der Waals surface area contributed by atoms with Crippen molar-refractivity contribution in [2.24, 2.45) is 0 Å². The first-order valence-corrected chi connectivity index (χ1v) is 11.0. The summed E-state index contributed by atoms with van der Waals surface area (Å²) in [4.78, 5) is 38.3. The number of carbonyl (C=O) groups excluding carboxylic acids is 3. The van der Waals surface area contributed by atoms with Crippen molar-refractivity contribution in [2.75, 3.05) is 24.8 Å². The molecule has 0 spiro atoms. The summed E-state index contributed by atoms with van der Waals surface area (Å²) in [6.45, 7) is 2.26. The Morgan fingerprint density at radius 2 is 1.97 bits per heavy atom. The van der Waals surface area contributed by atoms with E-state index in [1.165, 1.54) is 6.92 Å². The van der Waals surface area contributed by atoms with E-state index in [0.29, 0.717) is 35.7 Å². The van der Waals surface area contributed by atoms with E-state index in [1.54, 1.807) is 17.0 Å². The van der Waals surface area contributed by atoms with Gasteiger partial charge in [0.05, 0.1) is 13.1 Å². The number of ketones is 1. The normalized spacial score (nSPS) is 20.5. The van der Waals surface area contributed by atoms with E-state index in [2.05, 4.69) is 5.32 Å². The molecule has 170 valence electrons. The topological polar surface area (TPSA) is 94.2 Å². The number of hydrogen-bond donors (Lipinski definition) is 1. The molecule has 0 radical (unpaired) electrons. The molecule has 2 aromatic carbocycles. The first kappa shape index (κ1) is 21.1. The van der Waals surface area contributed by atoms with Gasteiger partial charge in [0, 0.05) is 23.7 Å². The van der Waals surface area contributed by atoms with Gasteiger partial charge in [-0.2, -0.15) is 0 Å². The van der Waals surface area contributed by atoms with Crippen molar-refractivity contribution in [3.8, 4) is 11.5 Å². The van der Waals surface area contributed by atoms with Gasteiger partial charge in [-0.3, -0.25) is 14.5 Å². The SMILES string of the molecule is CC(=O)NC[C@H]1CN(c2ccc3c(c2)CCC/C(=C/c2ccc4c(c2)OCO4)C3=O)C(=O)O1. The number of benzene rings is 2. The lowest BCUT2D eigenvalue weighted by Crippen LogP contribution is -2.33. The van der Waals surface area contributed by atoms with Gasteiger partial charge in [-0.05, 0) is 66.8 Å². The van der Waals surface area contributed by atoms with Gasteiger partial charge >= 0.3 is 6.09 Å². The maximum absolute atomic E-state index is 13.3. The molecule has 0 aromatic heterocycles. The molecule has 2 heterocycles. The fraction of sp³-hybridized carbons (Fsp3) is 0.320.